The molecule has 6 heteroatoms. The fraction of sp³-hybridized carbons (Fsp3) is 0.273. The van der Waals surface area contributed by atoms with Crippen LogP contribution < -0.4 is 15.4 Å². The van der Waals surface area contributed by atoms with E-state index < -0.39 is 0 Å². The van der Waals surface area contributed by atoms with E-state index in [-0.39, 0.29) is 5.91 Å². The van der Waals surface area contributed by atoms with Gasteiger partial charge in [0.1, 0.15) is 10.6 Å². The molecule has 0 atom stereocenters. The number of nitrogens with zero attached hydrogens (tertiary/aromatic N) is 1. The van der Waals surface area contributed by atoms with Crippen molar-refractivity contribution in [3.63, 3.8) is 0 Å². The topological polar surface area (TPSA) is 63.2 Å². The highest BCUT2D eigenvalue weighted by molar-refractivity contribution is 7.17. The fourth-order valence-corrected chi connectivity index (χ4v) is 3.72. The summed E-state index contributed by atoms with van der Waals surface area (Å²) >= 11 is 1.39. The molecule has 5 nitrogen and oxygen atoms in total. The van der Waals surface area contributed by atoms with Crippen LogP contribution in [0.1, 0.15) is 33.4 Å². The molecular weight excluding hydrogens is 370 g/mol. The van der Waals surface area contributed by atoms with Crippen LogP contribution in [-0.2, 0) is 13.0 Å². The number of aromatic nitrogens is 1. The molecule has 0 unspecified atom stereocenters. The summed E-state index contributed by atoms with van der Waals surface area (Å²) in [5, 5.41) is 7.06. The highest BCUT2D eigenvalue weighted by atomic mass is 32.1. The van der Waals surface area contributed by atoms with E-state index in [1.807, 2.05) is 56.3 Å². The predicted octanol–water partition coefficient (Wildman–Crippen LogP) is 4.43. The number of amides is 1. The maximum atomic E-state index is 12.6. The number of anilines is 1. The molecule has 0 fully saturated rings. The summed E-state index contributed by atoms with van der Waals surface area (Å²) in [6, 6.07) is 18.1. The number of hydrogen-bond donors (Lipinski definition) is 2. The molecule has 0 bridgehead atoms. The minimum Gasteiger partial charge on any atom is -0.494 e. The minimum atomic E-state index is -0.104. The Hall–Kier alpha value is -2.86. The Labute approximate surface area is 169 Å². The lowest BCUT2D eigenvalue weighted by atomic mass is 10.2. The lowest BCUT2D eigenvalue weighted by Gasteiger charge is -2.07. The summed E-state index contributed by atoms with van der Waals surface area (Å²) in [4.78, 5) is 17.7. The molecule has 0 aliphatic carbocycles. The number of carbonyl (C=O) groups is 1. The lowest BCUT2D eigenvalue weighted by molar-refractivity contribution is 0.0954. The molecule has 1 aromatic heterocycles. The highest BCUT2D eigenvalue weighted by Crippen LogP contribution is 2.22. The fourth-order valence-electron chi connectivity index (χ4n) is 2.82. The van der Waals surface area contributed by atoms with Gasteiger partial charge < -0.3 is 15.4 Å². The van der Waals surface area contributed by atoms with Crippen molar-refractivity contribution in [2.45, 2.75) is 26.8 Å². The molecule has 146 valence electrons. The van der Waals surface area contributed by atoms with Crippen LogP contribution in [0.2, 0.25) is 0 Å². The van der Waals surface area contributed by atoms with E-state index in [0.717, 1.165) is 35.1 Å². The number of carbonyl (C=O) groups excluding carboxylic acids is 1. The van der Waals surface area contributed by atoms with Gasteiger partial charge in [0.05, 0.1) is 12.3 Å². The Morgan fingerprint density at radius 3 is 2.68 bits per heavy atom. The Morgan fingerprint density at radius 1 is 1.11 bits per heavy atom. The van der Waals surface area contributed by atoms with Crippen LogP contribution in [-0.4, -0.2) is 24.0 Å². The zero-order chi connectivity index (χ0) is 19.8. The van der Waals surface area contributed by atoms with Gasteiger partial charge in [0, 0.05) is 13.1 Å². The van der Waals surface area contributed by atoms with E-state index in [9.17, 15) is 4.79 Å². The Kier molecular flexibility index (Phi) is 7.03. The first-order valence-electron chi connectivity index (χ1n) is 9.41. The third-order valence-corrected chi connectivity index (χ3v) is 5.31. The maximum Gasteiger partial charge on any atom is 0.263 e. The van der Waals surface area contributed by atoms with Crippen LogP contribution in [0, 0.1) is 6.92 Å². The molecule has 0 aliphatic rings. The molecule has 0 saturated carbocycles. The van der Waals surface area contributed by atoms with Crippen molar-refractivity contribution in [1.29, 1.82) is 0 Å². The third kappa shape index (κ3) is 5.57. The largest absolute Gasteiger partial charge is 0.494 e. The molecule has 28 heavy (non-hydrogen) atoms. The second-order valence-electron chi connectivity index (χ2n) is 6.36. The first-order valence-corrected chi connectivity index (χ1v) is 10.2. The zero-order valence-electron chi connectivity index (χ0n) is 16.2. The van der Waals surface area contributed by atoms with Crippen molar-refractivity contribution in [2.24, 2.45) is 0 Å². The summed E-state index contributed by atoms with van der Waals surface area (Å²) in [5.74, 6) is 0.709. The molecular formula is C22H25N3O2S. The van der Waals surface area contributed by atoms with Crippen LogP contribution in [0.3, 0.4) is 0 Å². The predicted molar refractivity (Wildman–Crippen MR) is 114 cm³/mol. The number of aryl methyl sites for hydroxylation is 1. The van der Waals surface area contributed by atoms with E-state index >= 15 is 0 Å². The summed E-state index contributed by atoms with van der Waals surface area (Å²) < 4.78 is 5.50. The molecule has 3 aromatic rings. The van der Waals surface area contributed by atoms with Gasteiger partial charge in [-0.1, -0.05) is 53.8 Å². The average Bonchev–Trinajstić information content (AvgIpc) is 3.08. The van der Waals surface area contributed by atoms with Crippen LogP contribution >= 0.6 is 11.3 Å². The third-order valence-electron chi connectivity index (χ3n) is 4.20. The van der Waals surface area contributed by atoms with Crippen molar-refractivity contribution in [1.82, 2.24) is 10.3 Å². The Morgan fingerprint density at radius 2 is 1.89 bits per heavy atom. The molecule has 0 spiro atoms. The SMILES string of the molecule is CCOc1cccc(CNC(=O)c2sc(NCCc3ccccc3)nc2C)c1. The first kappa shape index (κ1) is 19.9. The molecule has 1 amide bonds. The van der Waals surface area contributed by atoms with Gasteiger partial charge in [0.15, 0.2) is 5.13 Å². The van der Waals surface area contributed by atoms with Crippen molar-refractivity contribution in [3.05, 3.63) is 76.3 Å². The van der Waals surface area contributed by atoms with Crippen molar-refractivity contribution in [2.75, 3.05) is 18.5 Å². The van der Waals surface area contributed by atoms with Crippen LogP contribution in [0.4, 0.5) is 5.13 Å². The lowest BCUT2D eigenvalue weighted by Crippen LogP contribution is -2.22. The minimum absolute atomic E-state index is 0.104. The number of ether oxygens (including phenoxy) is 1. The van der Waals surface area contributed by atoms with Gasteiger partial charge in [-0.05, 0) is 43.5 Å². The van der Waals surface area contributed by atoms with Gasteiger partial charge in [-0.2, -0.15) is 0 Å². The number of hydrogen-bond acceptors (Lipinski definition) is 5. The van der Waals surface area contributed by atoms with Crippen molar-refractivity contribution >= 4 is 22.4 Å². The van der Waals surface area contributed by atoms with E-state index in [0.29, 0.717) is 18.0 Å². The summed E-state index contributed by atoms with van der Waals surface area (Å²) in [6.07, 6.45) is 0.914. The van der Waals surface area contributed by atoms with Crippen LogP contribution in [0.15, 0.2) is 54.6 Å². The smallest absolute Gasteiger partial charge is 0.263 e. The van der Waals surface area contributed by atoms with Gasteiger partial charge in [-0.15, -0.1) is 0 Å². The Balaban J connectivity index is 1.53. The van der Waals surface area contributed by atoms with Crippen molar-refractivity contribution in [3.8, 4) is 5.75 Å². The van der Waals surface area contributed by atoms with Gasteiger partial charge in [-0.3, -0.25) is 4.79 Å². The maximum absolute atomic E-state index is 12.6. The molecule has 0 radical (unpaired) electrons. The Bertz CT molecular complexity index is 909. The molecule has 1 heterocycles. The second-order valence-corrected chi connectivity index (χ2v) is 7.36. The number of benzene rings is 2. The average molecular weight is 396 g/mol. The van der Waals surface area contributed by atoms with Gasteiger partial charge in [0.2, 0.25) is 0 Å². The molecule has 3 rings (SSSR count). The number of nitrogens with one attached hydrogen (secondary N) is 2. The van der Waals surface area contributed by atoms with E-state index in [1.54, 1.807) is 0 Å². The monoisotopic (exact) mass is 395 g/mol. The van der Waals surface area contributed by atoms with Gasteiger partial charge in [-0.25, -0.2) is 4.98 Å². The quantitative estimate of drug-likeness (QED) is 0.562. The summed E-state index contributed by atoms with van der Waals surface area (Å²) in [6.45, 7) is 5.67. The van der Waals surface area contributed by atoms with E-state index in [1.165, 1.54) is 16.9 Å². The first-order chi connectivity index (χ1) is 13.7. The summed E-state index contributed by atoms with van der Waals surface area (Å²) in [7, 11) is 0. The molecule has 2 aromatic carbocycles. The van der Waals surface area contributed by atoms with Gasteiger partial charge >= 0.3 is 0 Å². The van der Waals surface area contributed by atoms with Gasteiger partial charge in [0.25, 0.3) is 5.91 Å². The van der Waals surface area contributed by atoms with Crippen LogP contribution in [0.5, 0.6) is 5.75 Å². The zero-order valence-corrected chi connectivity index (χ0v) is 17.0. The number of thiazole rings is 1. The van der Waals surface area contributed by atoms with Crippen LogP contribution in [0.25, 0.3) is 0 Å². The standard InChI is InChI=1S/C22H25N3O2S/c1-3-27-19-11-7-10-18(14-19)15-24-21(26)20-16(2)25-22(28-20)23-13-12-17-8-5-4-6-9-17/h4-11,14H,3,12-13,15H2,1-2H3,(H,23,25)(H,24,26). The van der Waals surface area contributed by atoms with E-state index in [4.69, 9.17) is 4.74 Å². The van der Waals surface area contributed by atoms with E-state index in [2.05, 4.69) is 27.8 Å². The number of rotatable bonds is 9. The molecule has 0 aliphatic heterocycles. The molecule has 0 saturated heterocycles. The normalized spacial score (nSPS) is 10.5. The van der Waals surface area contributed by atoms with Crippen molar-refractivity contribution < 1.29 is 9.53 Å². The highest BCUT2D eigenvalue weighted by Gasteiger charge is 2.15. The summed E-state index contributed by atoms with van der Waals surface area (Å²) in [5.41, 5.74) is 3.02. The second kappa shape index (κ2) is 9.90. The molecule has 2 N–H and O–H groups in total.